The van der Waals surface area contributed by atoms with Crippen LogP contribution < -0.4 is 11.3 Å². The van der Waals surface area contributed by atoms with Gasteiger partial charge in [-0.15, -0.1) is 6.42 Å². The summed E-state index contributed by atoms with van der Waals surface area (Å²) in [4.78, 5) is 22.9. The van der Waals surface area contributed by atoms with E-state index >= 15 is 0 Å². The van der Waals surface area contributed by atoms with Gasteiger partial charge in [-0.05, 0) is 18.1 Å². The van der Waals surface area contributed by atoms with Crippen molar-refractivity contribution in [3.63, 3.8) is 0 Å². The number of H-pyrrole nitrogens is 1. The molecule has 1 aliphatic rings. The third-order valence-corrected chi connectivity index (χ3v) is 10.2. The largest absolute Gasteiger partial charge is 0.414 e. The highest BCUT2D eigenvalue weighted by molar-refractivity contribution is 6.74. The Morgan fingerprint density at radius 2 is 2.21 bits per heavy atom. The van der Waals surface area contributed by atoms with E-state index in [9.17, 15) is 4.79 Å². The minimum Gasteiger partial charge on any atom is -0.414 e. The fourth-order valence-electron chi connectivity index (χ4n) is 3.01. The monoisotopic (exact) mass is 419 g/mol. The molecule has 1 fully saturated rings. The molecule has 0 amide bonds. The summed E-state index contributed by atoms with van der Waals surface area (Å²) in [5.74, 6) is 2.53. The van der Waals surface area contributed by atoms with Gasteiger partial charge >= 0.3 is 0 Å². The number of rotatable bonds is 6. The Balaban J connectivity index is 1.82. The average Bonchev–Trinajstić information content (AvgIpc) is 3.21. The van der Waals surface area contributed by atoms with Gasteiger partial charge in [0.2, 0.25) is 5.95 Å². The van der Waals surface area contributed by atoms with Crippen molar-refractivity contribution in [3.05, 3.63) is 16.7 Å². The number of aromatic amines is 1. The highest BCUT2D eigenvalue weighted by Gasteiger charge is 2.42. The van der Waals surface area contributed by atoms with Crippen molar-refractivity contribution in [1.29, 1.82) is 0 Å². The molecule has 9 nitrogen and oxygen atoms in total. The number of hydrogen-bond acceptors (Lipinski definition) is 7. The molecule has 0 aliphatic carbocycles. The van der Waals surface area contributed by atoms with Crippen molar-refractivity contribution in [1.82, 2.24) is 19.5 Å². The minimum atomic E-state index is -1.95. The first-order valence-corrected chi connectivity index (χ1v) is 12.5. The second-order valence-corrected chi connectivity index (χ2v) is 13.6. The molecule has 0 bridgehead atoms. The molecule has 158 valence electrons. The fourth-order valence-corrected chi connectivity index (χ4v) is 4.03. The van der Waals surface area contributed by atoms with Gasteiger partial charge < -0.3 is 19.6 Å². The van der Waals surface area contributed by atoms with Crippen LogP contribution in [0.25, 0.3) is 11.2 Å². The Morgan fingerprint density at radius 1 is 1.48 bits per heavy atom. The van der Waals surface area contributed by atoms with Crippen molar-refractivity contribution < 1.29 is 13.9 Å². The van der Waals surface area contributed by atoms with E-state index in [0.717, 1.165) is 0 Å². The van der Waals surface area contributed by atoms with Gasteiger partial charge in [-0.2, -0.15) is 4.98 Å². The highest BCUT2D eigenvalue weighted by Crippen LogP contribution is 2.38. The molecular formula is C19H29N5O4Si. The third kappa shape index (κ3) is 4.38. The van der Waals surface area contributed by atoms with Crippen LogP contribution in [0.4, 0.5) is 5.95 Å². The maximum atomic E-state index is 12.1. The standard InChI is InChI=1S/C19H29N5O4Si/c1-7-8-26-12-9-14(28-13(12)10-27-29(5,6)19(2,3)4)24-11-21-15-16(24)22-18(20)23-17(15)25/h1,11-14H,8-10H2,2-6H3,(H3,20,22,23,25)/t12?,13-,14-/m1/s1. The second kappa shape index (κ2) is 7.91. The molecule has 3 N–H and O–H groups in total. The van der Waals surface area contributed by atoms with E-state index in [4.69, 9.17) is 26.1 Å². The molecule has 29 heavy (non-hydrogen) atoms. The van der Waals surface area contributed by atoms with Gasteiger partial charge in [0.05, 0.1) is 19.0 Å². The molecule has 1 unspecified atom stereocenters. The van der Waals surface area contributed by atoms with E-state index in [-0.39, 0.29) is 40.9 Å². The van der Waals surface area contributed by atoms with E-state index in [1.165, 1.54) is 6.33 Å². The van der Waals surface area contributed by atoms with Crippen LogP contribution >= 0.6 is 0 Å². The lowest BCUT2D eigenvalue weighted by atomic mass is 10.2. The molecule has 0 saturated carbocycles. The number of terminal acetylenes is 1. The molecule has 3 atom stereocenters. The van der Waals surface area contributed by atoms with Gasteiger partial charge in [-0.25, -0.2) is 4.98 Å². The predicted octanol–water partition coefficient (Wildman–Crippen LogP) is 2.03. The Labute approximate surface area is 171 Å². The summed E-state index contributed by atoms with van der Waals surface area (Å²) in [5, 5.41) is 0.0865. The third-order valence-electron chi connectivity index (χ3n) is 5.74. The molecular weight excluding hydrogens is 390 g/mol. The lowest BCUT2D eigenvalue weighted by molar-refractivity contribution is -0.0529. The minimum absolute atomic E-state index is 0.0280. The molecule has 1 aliphatic heterocycles. The number of aromatic nitrogens is 4. The van der Waals surface area contributed by atoms with E-state index in [1.807, 2.05) is 0 Å². The first-order valence-electron chi connectivity index (χ1n) is 9.60. The van der Waals surface area contributed by atoms with Gasteiger partial charge in [0, 0.05) is 6.42 Å². The Bertz CT molecular complexity index is 972. The summed E-state index contributed by atoms with van der Waals surface area (Å²) in [6.07, 6.45) is 6.50. The lowest BCUT2D eigenvalue weighted by Gasteiger charge is -2.37. The van der Waals surface area contributed by atoms with Gasteiger partial charge in [0.15, 0.2) is 19.5 Å². The summed E-state index contributed by atoms with van der Waals surface area (Å²) >= 11 is 0. The summed E-state index contributed by atoms with van der Waals surface area (Å²) in [7, 11) is -1.95. The summed E-state index contributed by atoms with van der Waals surface area (Å²) < 4.78 is 20.1. The van der Waals surface area contributed by atoms with Crippen LogP contribution in [0, 0.1) is 12.3 Å². The zero-order chi connectivity index (χ0) is 21.4. The number of nitrogen functional groups attached to an aromatic ring is 1. The maximum Gasteiger partial charge on any atom is 0.280 e. The molecule has 3 rings (SSSR count). The number of fused-ring (bicyclic) bond motifs is 1. The first-order chi connectivity index (χ1) is 13.5. The van der Waals surface area contributed by atoms with Crippen molar-refractivity contribution in [2.45, 2.75) is 63.8 Å². The molecule has 0 aromatic carbocycles. The Morgan fingerprint density at radius 3 is 2.86 bits per heavy atom. The van der Waals surface area contributed by atoms with Crippen LogP contribution in [0.2, 0.25) is 18.1 Å². The number of nitrogens with one attached hydrogen (secondary N) is 1. The maximum absolute atomic E-state index is 12.1. The van der Waals surface area contributed by atoms with E-state index < -0.39 is 14.5 Å². The van der Waals surface area contributed by atoms with Crippen LogP contribution in [0.3, 0.4) is 0 Å². The van der Waals surface area contributed by atoms with Crippen molar-refractivity contribution in [2.24, 2.45) is 0 Å². The van der Waals surface area contributed by atoms with Crippen molar-refractivity contribution in [2.75, 3.05) is 18.9 Å². The Kier molecular flexibility index (Phi) is 5.87. The number of ether oxygens (including phenoxy) is 2. The number of nitrogens with zero attached hydrogens (tertiary/aromatic N) is 3. The normalized spacial score (nSPS) is 22.8. The predicted molar refractivity (Wildman–Crippen MR) is 113 cm³/mol. The molecule has 2 aromatic heterocycles. The Hall–Kier alpha value is -2.19. The number of imidazole rings is 1. The van der Waals surface area contributed by atoms with Crippen LogP contribution in [0.15, 0.2) is 11.1 Å². The van der Waals surface area contributed by atoms with Gasteiger partial charge in [-0.1, -0.05) is 26.7 Å². The SMILES string of the molecule is C#CCOC1C[C@H](n2cnc3c(=O)[nH]c(N)nc32)O[C@@H]1CO[Si](C)(C)C(C)(C)C. The highest BCUT2D eigenvalue weighted by atomic mass is 28.4. The fraction of sp³-hybridized carbons (Fsp3) is 0.632. The average molecular weight is 420 g/mol. The topological polar surface area (TPSA) is 117 Å². The number of hydrogen-bond donors (Lipinski definition) is 2. The number of anilines is 1. The second-order valence-electron chi connectivity index (χ2n) is 8.77. The van der Waals surface area contributed by atoms with Crippen LogP contribution in [-0.4, -0.2) is 53.3 Å². The summed E-state index contributed by atoms with van der Waals surface area (Å²) in [6, 6.07) is 0. The first kappa shape index (κ1) is 21.5. The van der Waals surface area contributed by atoms with Crippen molar-refractivity contribution in [3.8, 4) is 12.3 Å². The quantitative estimate of drug-likeness (QED) is 0.543. The van der Waals surface area contributed by atoms with Gasteiger partial charge in [-0.3, -0.25) is 14.3 Å². The lowest BCUT2D eigenvalue weighted by Crippen LogP contribution is -2.44. The zero-order valence-corrected chi connectivity index (χ0v) is 18.6. The van der Waals surface area contributed by atoms with Crippen molar-refractivity contribution >= 4 is 25.4 Å². The molecule has 3 heterocycles. The number of nitrogens with two attached hydrogens (primary N) is 1. The van der Waals surface area contributed by atoms with Crippen LogP contribution in [-0.2, 0) is 13.9 Å². The molecule has 0 radical (unpaired) electrons. The van der Waals surface area contributed by atoms with E-state index in [1.54, 1.807) is 4.57 Å². The smallest absolute Gasteiger partial charge is 0.280 e. The van der Waals surface area contributed by atoms with Gasteiger partial charge in [0.25, 0.3) is 5.56 Å². The summed E-state index contributed by atoms with van der Waals surface area (Å²) in [6.45, 7) is 11.6. The molecule has 0 spiro atoms. The zero-order valence-electron chi connectivity index (χ0n) is 17.6. The van der Waals surface area contributed by atoms with Crippen LogP contribution in [0.1, 0.15) is 33.4 Å². The molecule has 1 saturated heterocycles. The summed E-state index contributed by atoms with van der Waals surface area (Å²) in [5.41, 5.74) is 5.90. The van der Waals surface area contributed by atoms with E-state index in [0.29, 0.717) is 18.7 Å². The molecule has 2 aromatic rings. The van der Waals surface area contributed by atoms with E-state index in [2.05, 4.69) is 54.7 Å². The molecule has 10 heteroatoms. The van der Waals surface area contributed by atoms with Gasteiger partial charge in [0.1, 0.15) is 18.9 Å². The van der Waals surface area contributed by atoms with Crippen LogP contribution in [0.5, 0.6) is 0 Å².